The van der Waals surface area contributed by atoms with Gasteiger partial charge < -0.3 is 29.0 Å². The summed E-state index contributed by atoms with van der Waals surface area (Å²) >= 11 is 0. The number of halogens is 1. The van der Waals surface area contributed by atoms with Gasteiger partial charge >= 0.3 is 17.9 Å². The van der Waals surface area contributed by atoms with Crippen molar-refractivity contribution in [1.82, 2.24) is 0 Å². The molecule has 1 amide bonds. The fraction of sp³-hybridized carbons (Fsp3) is 0.500. The van der Waals surface area contributed by atoms with Gasteiger partial charge in [-0.3, -0.25) is 19.2 Å². The number of hydrogen-bond acceptors (Lipinski definition) is 9. The van der Waals surface area contributed by atoms with Crippen LogP contribution < -0.4 is 4.90 Å². The summed E-state index contributed by atoms with van der Waals surface area (Å²) in [5.74, 6) is -3.33. The molecular formula is C20H24FNO9. The number of nitrogens with zero attached hydrogens (tertiary/aromatic N) is 1. The van der Waals surface area contributed by atoms with Crippen LogP contribution in [-0.4, -0.2) is 66.2 Å². The van der Waals surface area contributed by atoms with Crippen LogP contribution in [0.5, 0.6) is 0 Å². The van der Waals surface area contributed by atoms with Gasteiger partial charge in [0.2, 0.25) is 5.91 Å². The van der Waals surface area contributed by atoms with Crippen molar-refractivity contribution in [3.63, 3.8) is 0 Å². The van der Waals surface area contributed by atoms with Crippen LogP contribution in [0, 0.1) is 5.82 Å². The lowest BCUT2D eigenvalue weighted by molar-refractivity contribution is -0.260. The number of carbonyl (C=O) groups excluding carboxylic acids is 4. The van der Waals surface area contributed by atoms with E-state index in [1.165, 1.54) is 19.1 Å². The highest BCUT2D eigenvalue weighted by Gasteiger charge is 2.53. The minimum Gasteiger partial charge on any atom is -0.463 e. The minimum atomic E-state index is -1.73. The van der Waals surface area contributed by atoms with E-state index < -0.39 is 66.9 Å². The molecule has 0 aliphatic carbocycles. The molecular weight excluding hydrogens is 417 g/mol. The quantitative estimate of drug-likeness (QED) is 0.501. The molecule has 0 unspecified atom stereocenters. The third-order valence-electron chi connectivity index (χ3n) is 4.43. The maximum absolute atomic E-state index is 13.4. The zero-order valence-corrected chi connectivity index (χ0v) is 17.4. The molecule has 2 rings (SSSR count). The van der Waals surface area contributed by atoms with Crippen molar-refractivity contribution in [3.05, 3.63) is 30.1 Å². The van der Waals surface area contributed by atoms with E-state index in [1.54, 1.807) is 0 Å². The summed E-state index contributed by atoms with van der Waals surface area (Å²) in [4.78, 5) is 48.3. The molecule has 11 heteroatoms. The van der Waals surface area contributed by atoms with Crippen molar-refractivity contribution < 1.29 is 47.6 Å². The molecule has 170 valence electrons. The Hall–Kier alpha value is -3.05. The molecule has 10 nitrogen and oxygen atoms in total. The van der Waals surface area contributed by atoms with Crippen molar-refractivity contribution in [2.75, 3.05) is 11.5 Å². The summed E-state index contributed by atoms with van der Waals surface area (Å²) in [5, 5.41) is 10.7. The van der Waals surface area contributed by atoms with Crippen LogP contribution in [0.1, 0.15) is 27.7 Å². The molecule has 1 saturated heterocycles. The van der Waals surface area contributed by atoms with Crippen molar-refractivity contribution in [2.45, 2.75) is 58.3 Å². The van der Waals surface area contributed by atoms with Gasteiger partial charge in [-0.15, -0.1) is 0 Å². The highest BCUT2D eigenvalue weighted by molar-refractivity contribution is 5.92. The third kappa shape index (κ3) is 6.22. The lowest BCUT2D eigenvalue weighted by Gasteiger charge is -2.47. The Morgan fingerprint density at radius 2 is 1.52 bits per heavy atom. The number of anilines is 1. The fourth-order valence-corrected chi connectivity index (χ4v) is 3.34. The molecule has 0 radical (unpaired) electrons. The molecule has 1 fully saturated rings. The lowest BCUT2D eigenvalue weighted by atomic mass is 9.94. The number of aliphatic hydroxyl groups excluding tert-OH is 1. The second-order valence-electron chi connectivity index (χ2n) is 6.87. The van der Waals surface area contributed by atoms with Crippen LogP contribution in [0.3, 0.4) is 0 Å². The summed E-state index contributed by atoms with van der Waals surface area (Å²) in [7, 11) is 0. The molecule has 1 aromatic rings. The number of benzene rings is 1. The second-order valence-corrected chi connectivity index (χ2v) is 6.87. The molecule has 1 heterocycles. The Morgan fingerprint density at radius 3 is 2.00 bits per heavy atom. The monoisotopic (exact) mass is 441 g/mol. The van der Waals surface area contributed by atoms with Crippen LogP contribution in [0.25, 0.3) is 0 Å². The van der Waals surface area contributed by atoms with E-state index in [0.29, 0.717) is 0 Å². The summed E-state index contributed by atoms with van der Waals surface area (Å²) < 4.78 is 34.4. The maximum Gasteiger partial charge on any atom is 0.303 e. The highest BCUT2D eigenvalue weighted by atomic mass is 19.1. The third-order valence-corrected chi connectivity index (χ3v) is 4.43. The summed E-state index contributed by atoms with van der Waals surface area (Å²) in [6.45, 7) is 4.13. The van der Waals surface area contributed by atoms with Crippen LogP contribution >= 0.6 is 0 Å². The summed E-state index contributed by atoms with van der Waals surface area (Å²) in [6, 6.07) is 3.44. The van der Waals surface area contributed by atoms with Crippen molar-refractivity contribution in [3.8, 4) is 0 Å². The van der Waals surface area contributed by atoms with Gasteiger partial charge in [-0.25, -0.2) is 4.39 Å². The summed E-state index contributed by atoms with van der Waals surface area (Å²) in [5.41, 5.74) is 0.179. The van der Waals surface area contributed by atoms with E-state index in [-0.39, 0.29) is 5.69 Å². The highest BCUT2D eigenvalue weighted by Crippen LogP contribution is 2.32. The summed E-state index contributed by atoms with van der Waals surface area (Å²) in [6.07, 6.45) is -5.63. The number of ether oxygens (including phenoxy) is 4. The zero-order valence-electron chi connectivity index (χ0n) is 17.4. The predicted molar refractivity (Wildman–Crippen MR) is 102 cm³/mol. The predicted octanol–water partition coefficient (Wildman–Crippen LogP) is 0.691. The average molecular weight is 441 g/mol. The normalized spacial score (nSPS) is 25.3. The first-order chi connectivity index (χ1) is 14.5. The van der Waals surface area contributed by atoms with Crippen molar-refractivity contribution in [2.24, 2.45) is 0 Å². The SMILES string of the molecule is CC(=O)OC[C@H]1O[C@@H](O)[C@H](N(C(C)=O)c2ccc(F)cc2)[C@@H](OC(C)=O)[C@@H]1OC(C)=O. The topological polar surface area (TPSA) is 129 Å². The van der Waals surface area contributed by atoms with Gasteiger partial charge in [-0.05, 0) is 24.3 Å². The Morgan fingerprint density at radius 1 is 0.968 bits per heavy atom. The molecule has 0 bridgehead atoms. The maximum atomic E-state index is 13.4. The first-order valence-corrected chi connectivity index (χ1v) is 9.38. The van der Waals surface area contributed by atoms with Crippen LogP contribution in [-0.2, 0) is 38.1 Å². The van der Waals surface area contributed by atoms with E-state index in [0.717, 1.165) is 37.8 Å². The molecule has 1 aliphatic heterocycles. The largest absolute Gasteiger partial charge is 0.463 e. The first kappa shape index (κ1) is 24.2. The number of esters is 3. The number of amides is 1. The molecule has 0 saturated carbocycles. The van der Waals surface area contributed by atoms with Gasteiger partial charge in [0.05, 0.1) is 0 Å². The van der Waals surface area contributed by atoms with Gasteiger partial charge in [0.25, 0.3) is 0 Å². The molecule has 0 spiro atoms. The van der Waals surface area contributed by atoms with Crippen LogP contribution in [0.15, 0.2) is 24.3 Å². The molecule has 1 aliphatic rings. The van der Waals surface area contributed by atoms with Gasteiger partial charge in [0, 0.05) is 33.4 Å². The second kappa shape index (κ2) is 10.3. The number of hydrogen-bond donors (Lipinski definition) is 1. The van der Waals surface area contributed by atoms with E-state index >= 15 is 0 Å². The molecule has 31 heavy (non-hydrogen) atoms. The number of carbonyl (C=O) groups is 4. The van der Waals surface area contributed by atoms with Crippen molar-refractivity contribution in [1.29, 1.82) is 0 Å². The average Bonchev–Trinajstić information content (AvgIpc) is 2.65. The van der Waals surface area contributed by atoms with Crippen molar-refractivity contribution >= 4 is 29.5 Å². The molecule has 5 atom stereocenters. The van der Waals surface area contributed by atoms with Gasteiger partial charge in [-0.2, -0.15) is 0 Å². The Labute approximate surface area is 177 Å². The Balaban J connectivity index is 2.52. The fourth-order valence-electron chi connectivity index (χ4n) is 3.34. The Bertz CT molecular complexity index is 828. The zero-order chi connectivity index (χ0) is 23.3. The number of aliphatic hydroxyl groups is 1. The lowest BCUT2D eigenvalue weighted by Crippen LogP contribution is -2.67. The molecule has 0 aromatic heterocycles. The number of rotatable bonds is 6. The standard InChI is InChI=1S/C20H24FNO9/c1-10(23)22(15-7-5-14(21)6-8-15)17-19(30-13(4)26)18(29-12(3)25)16(31-20(17)27)9-28-11(2)24/h5-8,16-20,27H,9H2,1-4H3/t16-,17-,18-,19-,20-/m1/s1. The smallest absolute Gasteiger partial charge is 0.303 e. The van der Waals surface area contributed by atoms with E-state index in [1.807, 2.05) is 0 Å². The van der Waals surface area contributed by atoms with E-state index in [4.69, 9.17) is 18.9 Å². The molecule has 1 N–H and O–H groups in total. The van der Waals surface area contributed by atoms with E-state index in [9.17, 15) is 28.7 Å². The van der Waals surface area contributed by atoms with Gasteiger partial charge in [0.15, 0.2) is 18.5 Å². The Kier molecular flexibility index (Phi) is 8.06. The van der Waals surface area contributed by atoms with Crippen LogP contribution in [0.2, 0.25) is 0 Å². The van der Waals surface area contributed by atoms with Crippen LogP contribution in [0.4, 0.5) is 10.1 Å². The van der Waals surface area contributed by atoms with Gasteiger partial charge in [0.1, 0.15) is 24.6 Å². The van der Waals surface area contributed by atoms with E-state index in [2.05, 4.69) is 0 Å². The molecule has 1 aromatic carbocycles. The minimum absolute atomic E-state index is 0.179. The van der Waals surface area contributed by atoms with Gasteiger partial charge in [-0.1, -0.05) is 0 Å². The first-order valence-electron chi connectivity index (χ1n) is 9.38.